The van der Waals surface area contributed by atoms with Crippen LogP contribution in [0.2, 0.25) is 0 Å². The molecule has 5 nitrogen and oxygen atoms in total. The van der Waals surface area contributed by atoms with E-state index in [1.54, 1.807) is 54.7 Å². The fourth-order valence-corrected chi connectivity index (χ4v) is 3.45. The van der Waals surface area contributed by atoms with Crippen molar-refractivity contribution in [3.63, 3.8) is 0 Å². The van der Waals surface area contributed by atoms with Gasteiger partial charge in [0.05, 0.1) is 15.5 Å². The van der Waals surface area contributed by atoms with Gasteiger partial charge in [0.2, 0.25) is 9.84 Å². The van der Waals surface area contributed by atoms with Crippen molar-refractivity contribution in [1.29, 1.82) is 0 Å². The molecule has 1 aromatic heterocycles. The number of aromatic nitrogens is 1. The van der Waals surface area contributed by atoms with E-state index in [4.69, 9.17) is 11.5 Å². The van der Waals surface area contributed by atoms with Crippen molar-refractivity contribution < 1.29 is 8.42 Å². The summed E-state index contributed by atoms with van der Waals surface area (Å²) in [5.74, 6) is 0. The van der Waals surface area contributed by atoms with Crippen LogP contribution in [0.25, 0.3) is 11.3 Å². The first-order valence-corrected chi connectivity index (χ1v) is 8.38. The second kappa shape index (κ2) is 5.73. The Labute approximate surface area is 134 Å². The summed E-state index contributed by atoms with van der Waals surface area (Å²) in [6.45, 7) is 0. The first-order valence-electron chi connectivity index (χ1n) is 6.89. The minimum atomic E-state index is -3.56. The van der Waals surface area contributed by atoms with Crippen LogP contribution in [0.15, 0.2) is 76.7 Å². The number of nitrogen functional groups attached to an aromatic ring is 2. The molecule has 2 aromatic carbocycles. The third-order valence-electron chi connectivity index (χ3n) is 3.43. The predicted octanol–water partition coefficient (Wildman–Crippen LogP) is 2.75. The summed E-state index contributed by atoms with van der Waals surface area (Å²) in [4.78, 5) is 4.65. The number of anilines is 2. The third-order valence-corrected chi connectivity index (χ3v) is 5.22. The highest BCUT2D eigenvalue weighted by atomic mass is 32.2. The molecule has 4 N–H and O–H groups in total. The zero-order valence-corrected chi connectivity index (χ0v) is 13.0. The van der Waals surface area contributed by atoms with Crippen molar-refractivity contribution in [3.05, 3.63) is 66.9 Å². The molecule has 3 aromatic rings. The lowest BCUT2D eigenvalue weighted by atomic mass is 10.1. The second-order valence-electron chi connectivity index (χ2n) is 5.07. The number of benzene rings is 2. The maximum Gasteiger partial charge on any atom is 0.206 e. The summed E-state index contributed by atoms with van der Waals surface area (Å²) in [5.41, 5.74) is 14.0. The second-order valence-corrected chi connectivity index (χ2v) is 7.02. The van der Waals surface area contributed by atoms with E-state index >= 15 is 0 Å². The van der Waals surface area contributed by atoms with Crippen LogP contribution in [-0.4, -0.2) is 13.4 Å². The summed E-state index contributed by atoms with van der Waals surface area (Å²) in [6, 6.07) is 16.1. The number of sulfone groups is 1. The molecule has 116 valence electrons. The van der Waals surface area contributed by atoms with Crippen LogP contribution < -0.4 is 11.5 Å². The lowest BCUT2D eigenvalue weighted by molar-refractivity contribution is 0.596. The van der Waals surface area contributed by atoms with Crippen molar-refractivity contribution in [2.75, 3.05) is 11.5 Å². The molecule has 6 heteroatoms. The fraction of sp³-hybridized carbons (Fsp3) is 0. The van der Waals surface area contributed by atoms with E-state index in [9.17, 15) is 8.42 Å². The summed E-state index contributed by atoms with van der Waals surface area (Å²) < 4.78 is 25.1. The van der Waals surface area contributed by atoms with E-state index in [-0.39, 0.29) is 9.79 Å². The van der Waals surface area contributed by atoms with Gasteiger partial charge in [0.25, 0.3) is 0 Å². The molecule has 3 rings (SSSR count). The summed E-state index contributed by atoms with van der Waals surface area (Å²) in [6.07, 6.45) is 1.61. The Morgan fingerprint density at radius 1 is 0.739 bits per heavy atom. The van der Waals surface area contributed by atoms with Crippen LogP contribution in [0.5, 0.6) is 0 Å². The van der Waals surface area contributed by atoms with E-state index in [2.05, 4.69) is 4.98 Å². The van der Waals surface area contributed by atoms with E-state index in [0.717, 1.165) is 5.56 Å². The Bertz CT molecular complexity index is 934. The number of hydrogen-bond donors (Lipinski definition) is 2. The monoisotopic (exact) mass is 325 g/mol. The van der Waals surface area contributed by atoms with Gasteiger partial charge in [-0.1, -0.05) is 12.1 Å². The molecule has 0 unspecified atom stereocenters. The van der Waals surface area contributed by atoms with Crippen LogP contribution in [0.1, 0.15) is 0 Å². The van der Waals surface area contributed by atoms with Gasteiger partial charge in [0.15, 0.2) is 0 Å². The molecule has 0 spiro atoms. The lowest BCUT2D eigenvalue weighted by Crippen LogP contribution is -2.02. The number of nitrogens with zero attached hydrogens (tertiary/aromatic N) is 1. The van der Waals surface area contributed by atoms with Gasteiger partial charge in [0, 0.05) is 23.1 Å². The number of rotatable bonds is 3. The highest BCUT2D eigenvalue weighted by Gasteiger charge is 2.17. The molecule has 0 fully saturated rings. The molecule has 0 atom stereocenters. The van der Waals surface area contributed by atoms with Crippen molar-refractivity contribution in [2.24, 2.45) is 0 Å². The quantitative estimate of drug-likeness (QED) is 0.721. The molecule has 0 aliphatic carbocycles. The van der Waals surface area contributed by atoms with Crippen LogP contribution in [0.3, 0.4) is 0 Å². The average Bonchev–Trinajstić information content (AvgIpc) is 2.55. The zero-order valence-electron chi connectivity index (χ0n) is 12.2. The van der Waals surface area contributed by atoms with E-state index in [1.807, 2.05) is 0 Å². The Hall–Kier alpha value is -2.86. The van der Waals surface area contributed by atoms with Crippen LogP contribution in [0, 0.1) is 0 Å². The normalized spacial score (nSPS) is 11.3. The van der Waals surface area contributed by atoms with Gasteiger partial charge < -0.3 is 11.5 Å². The molecule has 0 saturated carbocycles. The van der Waals surface area contributed by atoms with E-state index in [1.165, 1.54) is 12.1 Å². The molecule has 0 aliphatic heterocycles. The van der Waals surface area contributed by atoms with Gasteiger partial charge in [-0.25, -0.2) is 8.42 Å². The van der Waals surface area contributed by atoms with Crippen molar-refractivity contribution in [2.45, 2.75) is 9.79 Å². The highest BCUT2D eigenvalue weighted by molar-refractivity contribution is 7.91. The predicted molar refractivity (Wildman–Crippen MR) is 90.4 cm³/mol. The van der Waals surface area contributed by atoms with Gasteiger partial charge >= 0.3 is 0 Å². The molecular weight excluding hydrogens is 310 g/mol. The van der Waals surface area contributed by atoms with Gasteiger partial charge in [-0.15, -0.1) is 0 Å². The fourth-order valence-electron chi connectivity index (χ4n) is 2.19. The average molecular weight is 325 g/mol. The van der Waals surface area contributed by atoms with E-state index < -0.39 is 9.84 Å². The molecule has 0 amide bonds. The summed E-state index contributed by atoms with van der Waals surface area (Å²) in [5, 5.41) is 0. The van der Waals surface area contributed by atoms with Gasteiger partial charge in [-0.3, -0.25) is 4.98 Å². The number of hydrogen-bond acceptors (Lipinski definition) is 5. The molecule has 0 saturated heterocycles. The zero-order chi connectivity index (χ0) is 16.4. The van der Waals surface area contributed by atoms with Crippen molar-refractivity contribution >= 4 is 21.2 Å². The first kappa shape index (κ1) is 15.1. The van der Waals surface area contributed by atoms with Gasteiger partial charge in [-0.2, -0.15) is 0 Å². The maximum atomic E-state index is 12.6. The number of pyridine rings is 1. The molecule has 23 heavy (non-hydrogen) atoms. The van der Waals surface area contributed by atoms with Crippen molar-refractivity contribution in [3.8, 4) is 11.3 Å². The maximum absolute atomic E-state index is 12.6. The molecule has 0 aliphatic rings. The highest BCUT2D eigenvalue weighted by Crippen LogP contribution is 2.25. The smallest absolute Gasteiger partial charge is 0.206 e. The standard InChI is InChI=1S/C17H15N3O2S/c18-13-3-7-16(8-4-13)23(21,22)15-5-1-12(2-6-15)17-11-14(19)9-10-20-17/h1-11H,18H2,(H2,19,20). The largest absolute Gasteiger partial charge is 0.399 e. The Kier molecular flexibility index (Phi) is 3.75. The topological polar surface area (TPSA) is 99.1 Å². The molecular formula is C17H15N3O2S. The summed E-state index contributed by atoms with van der Waals surface area (Å²) >= 11 is 0. The molecule has 0 radical (unpaired) electrons. The Morgan fingerprint density at radius 3 is 1.87 bits per heavy atom. The summed E-state index contributed by atoms with van der Waals surface area (Å²) in [7, 11) is -3.56. The van der Waals surface area contributed by atoms with Crippen LogP contribution >= 0.6 is 0 Å². The van der Waals surface area contributed by atoms with Gasteiger partial charge in [0.1, 0.15) is 0 Å². The van der Waals surface area contributed by atoms with Gasteiger partial charge in [-0.05, 0) is 48.5 Å². The first-order chi connectivity index (χ1) is 11.0. The molecule has 0 bridgehead atoms. The molecule has 1 heterocycles. The SMILES string of the molecule is Nc1ccc(S(=O)(=O)c2ccc(-c3cc(N)ccn3)cc2)cc1. The third kappa shape index (κ3) is 3.02. The minimum absolute atomic E-state index is 0.210. The lowest BCUT2D eigenvalue weighted by Gasteiger charge is -2.07. The van der Waals surface area contributed by atoms with Crippen LogP contribution in [0.4, 0.5) is 11.4 Å². The van der Waals surface area contributed by atoms with Crippen molar-refractivity contribution in [1.82, 2.24) is 4.98 Å². The van der Waals surface area contributed by atoms with E-state index in [0.29, 0.717) is 17.1 Å². The number of nitrogens with two attached hydrogens (primary N) is 2. The Morgan fingerprint density at radius 2 is 1.30 bits per heavy atom. The Balaban J connectivity index is 1.97. The van der Waals surface area contributed by atoms with Crippen LogP contribution in [-0.2, 0) is 9.84 Å². The minimum Gasteiger partial charge on any atom is -0.399 e.